The maximum Gasteiger partial charge on any atom is 0.147 e. The highest BCUT2D eigenvalue weighted by molar-refractivity contribution is 6.06. The molecule has 1 unspecified atom stereocenters. The third-order valence-corrected chi connectivity index (χ3v) is 6.11. The van der Waals surface area contributed by atoms with E-state index in [0.717, 1.165) is 47.7 Å². The standard InChI is InChI=1S/C29H33NO3/c1-20(2)28-26(33-27(19-31-3)21-9-6-5-7-10-21)18-13-22-11-8-12-25(29(22)28)30-23-14-16-24(32-4)17-15-23/h5-7,9-10,13-18,20,27H,8,11-12,19H2,1-4H3/b30-25+. The summed E-state index contributed by atoms with van der Waals surface area (Å²) in [6.07, 6.45) is 2.97. The van der Waals surface area contributed by atoms with Crippen LogP contribution >= 0.6 is 0 Å². The van der Waals surface area contributed by atoms with Crippen molar-refractivity contribution in [2.75, 3.05) is 20.8 Å². The van der Waals surface area contributed by atoms with Gasteiger partial charge in [-0.3, -0.25) is 4.99 Å². The number of ether oxygens (including phenoxy) is 3. The average molecular weight is 444 g/mol. The van der Waals surface area contributed by atoms with Crippen LogP contribution in [0.2, 0.25) is 0 Å². The molecule has 3 aromatic carbocycles. The van der Waals surface area contributed by atoms with Crippen LogP contribution in [0.4, 0.5) is 5.69 Å². The fraction of sp³-hybridized carbons (Fsp3) is 0.345. The summed E-state index contributed by atoms with van der Waals surface area (Å²) < 4.78 is 17.4. The predicted octanol–water partition coefficient (Wildman–Crippen LogP) is 7.04. The molecule has 4 heteroatoms. The zero-order valence-corrected chi connectivity index (χ0v) is 20.0. The number of rotatable bonds is 8. The molecule has 1 aliphatic carbocycles. The molecule has 1 atom stereocenters. The Morgan fingerprint density at radius 3 is 2.30 bits per heavy atom. The summed E-state index contributed by atoms with van der Waals surface area (Å²) in [5.74, 6) is 2.05. The van der Waals surface area contributed by atoms with Crippen molar-refractivity contribution in [3.63, 3.8) is 0 Å². The van der Waals surface area contributed by atoms with E-state index in [4.69, 9.17) is 19.2 Å². The van der Waals surface area contributed by atoms with Crippen molar-refractivity contribution in [2.45, 2.75) is 45.1 Å². The van der Waals surface area contributed by atoms with Crippen molar-refractivity contribution in [3.8, 4) is 11.5 Å². The van der Waals surface area contributed by atoms with Gasteiger partial charge in [0.25, 0.3) is 0 Å². The van der Waals surface area contributed by atoms with Gasteiger partial charge < -0.3 is 14.2 Å². The zero-order chi connectivity index (χ0) is 23.2. The number of benzene rings is 3. The van der Waals surface area contributed by atoms with Gasteiger partial charge >= 0.3 is 0 Å². The first-order valence-corrected chi connectivity index (χ1v) is 11.7. The lowest BCUT2D eigenvalue weighted by Crippen LogP contribution is -2.19. The van der Waals surface area contributed by atoms with Gasteiger partial charge in [-0.2, -0.15) is 0 Å². The minimum absolute atomic E-state index is 0.169. The molecule has 0 aliphatic heterocycles. The van der Waals surface area contributed by atoms with Crippen molar-refractivity contribution >= 4 is 11.4 Å². The van der Waals surface area contributed by atoms with Crippen molar-refractivity contribution in [3.05, 3.63) is 89.0 Å². The van der Waals surface area contributed by atoms with Crippen LogP contribution in [0, 0.1) is 0 Å². The minimum Gasteiger partial charge on any atom is -0.497 e. The summed E-state index contributed by atoms with van der Waals surface area (Å²) in [6.45, 7) is 4.96. The second-order valence-electron chi connectivity index (χ2n) is 8.75. The van der Waals surface area contributed by atoms with Crippen LogP contribution in [0.15, 0.2) is 71.7 Å². The third kappa shape index (κ3) is 5.28. The number of fused-ring (bicyclic) bond motifs is 1. The largest absolute Gasteiger partial charge is 0.497 e. The first kappa shape index (κ1) is 23.1. The molecule has 0 N–H and O–H groups in total. The summed E-state index contributed by atoms with van der Waals surface area (Å²) in [5.41, 5.74) is 7.04. The normalized spacial score (nSPS) is 15.4. The van der Waals surface area contributed by atoms with E-state index in [1.165, 1.54) is 16.7 Å². The van der Waals surface area contributed by atoms with Gasteiger partial charge in [0, 0.05) is 23.9 Å². The molecule has 0 fully saturated rings. The molecule has 0 radical (unpaired) electrons. The third-order valence-electron chi connectivity index (χ3n) is 6.11. The Hall–Kier alpha value is -3.11. The van der Waals surface area contributed by atoms with E-state index in [0.29, 0.717) is 12.5 Å². The van der Waals surface area contributed by atoms with Crippen LogP contribution in [0.5, 0.6) is 11.5 Å². The smallest absolute Gasteiger partial charge is 0.147 e. The zero-order valence-electron chi connectivity index (χ0n) is 20.0. The van der Waals surface area contributed by atoms with Gasteiger partial charge in [-0.15, -0.1) is 0 Å². The molecule has 4 rings (SSSR count). The molecule has 0 heterocycles. The molecule has 3 aromatic rings. The highest BCUT2D eigenvalue weighted by Crippen LogP contribution is 2.39. The lowest BCUT2D eigenvalue weighted by molar-refractivity contribution is 0.0801. The number of hydrogen-bond donors (Lipinski definition) is 0. The Bertz CT molecular complexity index is 1090. The molecular formula is C29H33NO3. The Kier molecular flexibility index (Phi) is 7.46. The fourth-order valence-corrected chi connectivity index (χ4v) is 4.54. The molecule has 0 saturated heterocycles. The second-order valence-corrected chi connectivity index (χ2v) is 8.75. The van der Waals surface area contributed by atoms with Crippen LogP contribution in [0.1, 0.15) is 61.0 Å². The Labute approximate surface area is 197 Å². The SMILES string of the molecule is COCC(Oc1ccc2c(c1C(C)C)/C(=N/c1ccc(OC)cc1)CCC2)c1ccccc1. The lowest BCUT2D eigenvalue weighted by Gasteiger charge is -2.28. The number of aryl methyl sites for hydroxylation is 1. The van der Waals surface area contributed by atoms with E-state index in [1.807, 2.05) is 42.5 Å². The van der Waals surface area contributed by atoms with Gasteiger partial charge in [-0.25, -0.2) is 0 Å². The summed E-state index contributed by atoms with van der Waals surface area (Å²) in [5, 5.41) is 0. The molecule has 4 nitrogen and oxygen atoms in total. The molecular weight excluding hydrogens is 410 g/mol. The minimum atomic E-state index is -0.169. The van der Waals surface area contributed by atoms with E-state index in [-0.39, 0.29) is 6.10 Å². The molecule has 0 spiro atoms. The van der Waals surface area contributed by atoms with Crippen molar-refractivity contribution in [2.24, 2.45) is 4.99 Å². The number of hydrogen-bond acceptors (Lipinski definition) is 4. The maximum atomic E-state index is 6.63. The maximum absolute atomic E-state index is 6.63. The van der Waals surface area contributed by atoms with Crippen LogP contribution < -0.4 is 9.47 Å². The predicted molar refractivity (Wildman–Crippen MR) is 134 cm³/mol. The number of nitrogens with zero attached hydrogens (tertiary/aromatic N) is 1. The van der Waals surface area contributed by atoms with Crippen LogP contribution in [0.25, 0.3) is 0 Å². The lowest BCUT2D eigenvalue weighted by atomic mass is 9.82. The van der Waals surface area contributed by atoms with E-state index in [9.17, 15) is 0 Å². The first-order chi connectivity index (χ1) is 16.1. The Balaban J connectivity index is 1.76. The molecule has 1 aliphatic rings. The van der Waals surface area contributed by atoms with Crippen molar-refractivity contribution < 1.29 is 14.2 Å². The van der Waals surface area contributed by atoms with Gasteiger partial charge in [0.15, 0.2) is 0 Å². The molecule has 0 bridgehead atoms. The van der Waals surface area contributed by atoms with Crippen molar-refractivity contribution in [1.82, 2.24) is 0 Å². The molecule has 0 aromatic heterocycles. The Morgan fingerprint density at radius 1 is 0.879 bits per heavy atom. The highest BCUT2D eigenvalue weighted by Gasteiger charge is 2.26. The summed E-state index contributed by atoms with van der Waals surface area (Å²) in [6, 6.07) is 22.6. The molecule has 0 amide bonds. The van der Waals surface area contributed by atoms with Gasteiger partial charge in [0.1, 0.15) is 17.6 Å². The van der Waals surface area contributed by atoms with Crippen LogP contribution in [-0.4, -0.2) is 26.5 Å². The van der Waals surface area contributed by atoms with Crippen LogP contribution in [-0.2, 0) is 11.2 Å². The van der Waals surface area contributed by atoms with Crippen molar-refractivity contribution in [1.29, 1.82) is 0 Å². The average Bonchev–Trinajstić information content (AvgIpc) is 2.84. The molecule has 33 heavy (non-hydrogen) atoms. The Morgan fingerprint density at radius 2 is 1.64 bits per heavy atom. The van der Waals surface area contributed by atoms with Gasteiger partial charge in [0.2, 0.25) is 0 Å². The van der Waals surface area contributed by atoms with Gasteiger partial charge in [-0.05, 0) is 66.6 Å². The molecule has 172 valence electrons. The number of methoxy groups -OCH3 is 2. The van der Waals surface area contributed by atoms with E-state index >= 15 is 0 Å². The summed E-state index contributed by atoms with van der Waals surface area (Å²) in [7, 11) is 3.40. The van der Waals surface area contributed by atoms with E-state index < -0.39 is 0 Å². The van der Waals surface area contributed by atoms with Gasteiger partial charge in [-0.1, -0.05) is 50.2 Å². The first-order valence-electron chi connectivity index (χ1n) is 11.7. The monoisotopic (exact) mass is 443 g/mol. The fourth-order valence-electron chi connectivity index (χ4n) is 4.54. The van der Waals surface area contributed by atoms with Crippen LogP contribution in [0.3, 0.4) is 0 Å². The number of aliphatic imine (C=N–C) groups is 1. The highest BCUT2D eigenvalue weighted by atomic mass is 16.5. The van der Waals surface area contributed by atoms with Gasteiger partial charge in [0.05, 0.1) is 19.4 Å². The van der Waals surface area contributed by atoms with E-state index in [1.54, 1.807) is 14.2 Å². The topological polar surface area (TPSA) is 40.0 Å². The van der Waals surface area contributed by atoms with E-state index in [2.05, 4.69) is 38.1 Å². The summed E-state index contributed by atoms with van der Waals surface area (Å²) >= 11 is 0. The quantitative estimate of drug-likeness (QED) is 0.375. The second kappa shape index (κ2) is 10.7. The summed E-state index contributed by atoms with van der Waals surface area (Å²) in [4.78, 5) is 5.07. The molecule has 0 saturated carbocycles.